The van der Waals surface area contributed by atoms with Crippen LogP contribution in [-0.4, -0.2) is 43.1 Å². The smallest absolute Gasteiger partial charge is 0.233 e. The van der Waals surface area contributed by atoms with Gasteiger partial charge in [-0.3, -0.25) is 4.79 Å². The molecule has 3 rings (SSSR count). The molecule has 27 heavy (non-hydrogen) atoms. The predicted molar refractivity (Wildman–Crippen MR) is 107 cm³/mol. The second kappa shape index (κ2) is 8.81. The van der Waals surface area contributed by atoms with E-state index < -0.39 is 0 Å². The maximum absolute atomic E-state index is 12.5. The first-order valence-electron chi connectivity index (χ1n) is 8.88. The second-order valence-electron chi connectivity index (χ2n) is 6.25. The van der Waals surface area contributed by atoms with Gasteiger partial charge in [0.05, 0.1) is 11.4 Å². The van der Waals surface area contributed by atoms with E-state index in [-0.39, 0.29) is 5.91 Å². The Morgan fingerprint density at radius 1 is 1.11 bits per heavy atom. The highest BCUT2D eigenvalue weighted by molar-refractivity contribution is 7.99. The molecule has 0 spiro atoms. The molecule has 2 heterocycles. The maximum Gasteiger partial charge on any atom is 0.233 e. The van der Waals surface area contributed by atoms with Crippen molar-refractivity contribution in [1.29, 1.82) is 0 Å². The van der Waals surface area contributed by atoms with Gasteiger partial charge >= 0.3 is 0 Å². The van der Waals surface area contributed by atoms with Crippen LogP contribution in [0, 0.1) is 13.8 Å². The Morgan fingerprint density at radius 2 is 1.89 bits per heavy atom. The van der Waals surface area contributed by atoms with Crippen molar-refractivity contribution in [2.75, 3.05) is 12.3 Å². The van der Waals surface area contributed by atoms with E-state index in [4.69, 9.17) is 0 Å². The largest absolute Gasteiger partial charge is 0.338 e. The van der Waals surface area contributed by atoms with Crippen molar-refractivity contribution in [1.82, 2.24) is 24.9 Å². The van der Waals surface area contributed by atoms with Crippen molar-refractivity contribution in [2.45, 2.75) is 32.3 Å². The van der Waals surface area contributed by atoms with Crippen LogP contribution in [0.5, 0.6) is 0 Å². The van der Waals surface area contributed by atoms with E-state index in [2.05, 4.69) is 15.3 Å². The molecule has 0 aliphatic carbocycles. The molecule has 0 unspecified atom stereocenters. The van der Waals surface area contributed by atoms with Gasteiger partial charge in [-0.25, -0.2) is 4.68 Å². The lowest BCUT2D eigenvalue weighted by Crippen LogP contribution is -2.31. The quantitative estimate of drug-likeness (QED) is 0.587. The predicted octanol–water partition coefficient (Wildman–Crippen LogP) is 3.42. The molecule has 140 valence electrons. The number of carbonyl (C=O) groups excluding carboxylic acids is 1. The zero-order valence-corrected chi connectivity index (χ0v) is 16.6. The van der Waals surface area contributed by atoms with Gasteiger partial charge in [-0.05, 0) is 44.5 Å². The zero-order chi connectivity index (χ0) is 19.2. The van der Waals surface area contributed by atoms with Crippen LogP contribution >= 0.6 is 11.8 Å². The third-order valence-corrected chi connectivity index (χ3v) is 5.05. The summed E-state index contributed by atoms with van der Waals surface area (Å²) in [6.45, 7) is 7.22. The number of nitrogens with zero attached hydrogens (tertiary/aromatic N) is 5. The molecule has 0 bridgehead atoms. The van der Waals surface area contributed by atoms with Gasteiger partial charge in [0, 0.05) is 18.8 Å². The monoisotopic (exact) mass is 381 g/mol. The number of benzene rings is 1. The molecular formula is C20H23N5OS. The Bertz CT molecular complexity index is 892. The van der Waals surface area contributed by atoms with Crippen LogP contribution in [0.4, 0.5) is 0 Å². The number of rotatable bonds is 7. The summed E-state index contributed by atoms with van der Waals surface area (Å²) in [4.78, 5) is 14.4. The van der Waals surface area contributed by atoms with Crippen LogP contribution in [0.15, 0.2) is 53.6 Å². The molecule has 1 aromatic carbocycles. The molecule has 0 atom stereocenters. The molecular weight excluding hydrogens is 358 g/mol. The molecule has 3 aromatic rings. The van der Waals surface area contributed by atoms with E-state index in [0.717, 1.165) is 22.0 Å². The number of thioether (sulfide) groups is 1. The summed E-state index contributed by atoms with van der Waals surface area (Å²) in [5.41, 5.74) is 3.08. The summed E-state index contributed by atoms with van der Waals surface area (Å²) < 4.78 is 1.76. The maximum atomic E-state index is 12.5. The topological polar surface area (TPSA) is 63.9 Å². The van der Waals surface area contributed by atoms with Gasteiger partial charge in [-0.15, -0.1) is 10.2 Å². The van der Waals surface area contributed by atoms with E-state index in [0.29, 0.717) is 24.7 Å². The van der Waals surface area contributed by atoms with Gasteiger partial charge in [0.25, 0.3) is 0 Å². The normalized spacial score (nSPS) is 10.8. The highest BCUT2D eigenvalue weighted by Gasteiger charge is 2.13. The molecule has 0 radical (unpaired) electrons. The first-order chi connectivity index (χ1) is 13.1. The van der Waals surface area contributed by atoms with E-state index in [1.165, 1.54) is 11.8 Å². The summed E-state index contributed by atoms with van der Waals surface area (Å²) in [5, 5.41) is 13.6. The highest BCUT2D eigenvalue weighted by Crippen LogP contribution is 2.17. The van der Waals surface area contributed by atoms with Crippen molar-refractivity contribution >= 4 is 17.7 Å². The van der Waals surface area contributed by atoms with Crippen LogP contribution in [0.2, 0.25) is 0 Å². The van der Waals surface area contributed by atoms with Gasteiger partial charge in [0.2, 0.25) is 5.91 Å². The van der Waals surface area contributed by atoms with E-state index in [1.54, 1.807) is 4.68 Å². The Morgan fingerprint density at radius 3 is 2.48 bits per heavy atom. The fraction of sp³-hybridized carbons (Fsp3) is 0.300. The SMILES string of the molecule is CCN(Cc1ccccc1)C(=O)CSc1ccc(-n2nc(C)cc2C)nn1. The Kier molecular flexibility index (Phi) is 6.24. The van der Waals surface area contributed by atoms with E-state index in [9.17, 15) is 4.79 Å². The van der Waals surface area contributed by atoms with Gasteiger partial charge < -0.3 is 4.90 Å². The average Bonchev–Trinajstić information content (AvgIpc) is 3.03. The number of hydrogen-bond donors (Lipinski definition) is 0. The minimum atomic E-state index is 0.0933. The third-order valence-electron chi connectivity index (χ3n) is 4.15. The van der Waals surface area contributed by atoms with Gasteiger partial charge in [0.15, 0.2) is 5.82 Å². The molecule has 0 saturated carbocycles. The number of aryl methyl sites for hydroxylation is 2. The minimum absolute atomic E-state index is 0.0933. The number of carbonyl (C=O) groups is 1. The van der Waals surface area contributed by atoms with Crippen molar-refractivity contribution in [2.24, 2.45) is 0 Å². The second-order valence-corrected chi connectivity index (χ2v) is 7.25. The summed E-state index contributed by atoms with van der Waals surface area (Å²) >= 11 is 1.40. The molecule has 0 fully saturated rings. The van der Waals surface area contributed by atoms with Crippen molar-refractivity contribution in [3.05, 3.63) is 65.5 Å². The minimum Gasteiger partial charge on any atom is -0.338 e. The third kappa shape index (κ3) is 4.95. The molecule has 1 amide bonds. The molecule has 6 nitrogen and oxygen atoms in total. The fourth-order valence-corrected chi connectivity index (χ4v) is 3.49. The summed E-state index contributed by atoms with van der Waals surface area (Å²) in [6.07, 6.45) is 0. The summed E-state index contributed by atoms with van der Waals surface area (Å²) in [6, 6.07) is 15.8. The molecule has 0 aliphatic rings. The van der Waals surface area contributed by atoms with Gasteiger partial charge in [-0.1, -0.05) is 42.1 Å². The van der Waals surface area contributed by atoms with Crippen LogP contribution in [-0.2, 0) is 11.3 Å². The fourth-order valence-electron chi connectivity index (χ4n) is 2.77. The lowest BCUT2D eigenvalue weighted by atomic mass is 10.2. The molecule has 0 N–H and O–H groups in total. The number of aromatic nitrogens is 4. The summed E-state index contributed by atoms with van der Waals surface area (Å²) in [7, 11) is 0. The van der Waals surface area contributed by atoms with Crippen molar-refractivity contribution in [3.8, 4) is 5.82 Å². The lowest BCUT2D eigenvalue weighted by molar-refractivity contribution is -0.128. The van der Waals surface area contributed by atoms with Gasteiger partial charge in [0.1, 0.15) is 5.03 Å². The first kappa shape index (κ1) is 19.1. The van der Waals surface area contributed by atoms with Crippen LogP contribution in [0.25, 0.3) is 5.82 Å². The Balaban J connectivity index is 1.58. The van der Waals surface area contributed by atoms with Crippen molar-refractivity contribution in [3.63, 3.8) is 0 Å². The Hall–Kier alpha value is -2.67. The average molecular weight is 382 g/mol. The van der Waals surface area contributed by atoms with E-state index >= 15 is 0 Å². The lowest BCUT2D eigenvalue weighted by Gasteiger charge is -2.20. The number of amides is 1. The summed E-state index contributed by atoms with van der Waals surface area (Å²) in [5.74, 6) is 1.11. The van der Waals surface area contributed by atoms with Crippen molar-refractivity contribution < 1.29 is 4.79 Å². The highest BCUT2D eigenvalue weighted by atomic mass is 32.2. The van der Waals surface area contributed by atoms with Crippen LogP contribution in [0.3, 0.4) is 0 Å². The number of hydrogen-bond acceptors (Lipinski definition) is 5. The van der Waals surface area contributed by atoms with Crippen LogP contribution in [0.1, 0.15) is 23.9 Å². The molecule has 2 aromatic heterocycles. The zero-order valence-electron chi connectivity index (χ0n) is 15.8. The van der Waals surface area contributed by atoms with E-state index in [1.807, 2.05) is 74.2 Å². The molecule has 7 heteroatoms. The van der Waals surface area contributed by atoms with Crippen LogP contribution < -0.4 is 0 Å². The molecule has 0 saturated heterocycles. The molecule has 0 aliphatic heterocycles. The first-order valence-corrected chi connectivity index (χ1v) is 9.87. The standard InChI is InChI=1S/C20H23N5OS/c1-4-24(13-17-8-6-5-7-9-17)20(26)14-27-19-11-10-18(21-22-19)25-16(3)12-15(2)23-25/h5-12H,4,13-14H2,1-3H3. The van der Waals surface area contributed by atoms with Gasteiger partial charge in [-0.2, -0.15) is 5.10 Å². The Labute approximate surface area is 163 Å².